The van der Waals surface area contributed by atoms with Gasteiger partial charge in [-0.2, -0.15) is 5.90 Å². The second-order valence-electron chi connectivity index (χ2n) is 8.72. The van der Waals surface area contributed by atoms with E-state index in [1.54, 1.807) is 25.9 Å². The number of nitrogens with one attached hydrogen (secondary N) is 4. The van der Waals surface area contributed by atoms with E-state index >= 15 is 0 Å². The summed E-state index contributed by atoms with van der Waals surface area (Å²) in [4.78, 5) is 91.3. The van der Waals surface area contributed by atoms with Crippen LogP contribution in [0.15, 0.2) is 0 Å². The largest absolute Gasteiger partial charge is 0.464 e. The van der Waals surface area contributed by atoms with Crippen LogP contribution in [0.5, 0.6) is 0 Å². The van der Waals surface area contributed by atoms with Crippen molar-refractivity contribution < 1.29 is 49.0 Å². The highest BCUT2D eigenvalue weighted by atomic mass is 16.7. The molecule has 3 unspecified atom stereocenters. The van der Waals surface area contributed by atoms with E-state index in [2.05, 4.69) is 26.7 Å². The van der Waals surface area contributed by atoms with Crippen molar-refractivity contribution in [2.24, 2.45) is 5.73 Å². The molecule has 0 aliphatic heterocycles. The number of likely N-dealkylation sites (N-methyl/N-ethyl adjacent to an activating group) is 1. The first-order valence-electron chi connectivity index (χ1n) is 12.3. The number of carbonyl (C=O) groups excluding carboxylic acids is 7. The molecule has 0 fully saturated rings. The zero-order valence-electron chi connectivity index (χ0n) is 22.6. The zero-order chi connectivity index (χ0) is 30.0. The SMILES string of the molecule is CCOC(=O)C(CCC(=O)NC(CCC(=O)CN)C(=O)NC(CCC(=O)C=N)C(=O)O[NH3+])NC(=O)CN(C)C. The Balaban J connectivity index is 5.49. The van der Waals surface area contributed by atoms with Crippen LogP contribution in [-0.4, -0.2) is 104 Å². The fraction of sp³-hybridized carbons (Fsp3) is 0.652. The number of nitrogens with two attached hydrogens (primary N) is 1. The van der Waals surface area contributed by atoms with Crippen LogP contribution in [0.1, 0.15) is 45.4 Å². The smallest absolute Gasteiger partial charge is 0.388 e. The Morgan fingerprint density at radius 1 is 0.872 bits per heavy atom. The van der Waals surface area contributed by atoms with E-state index in [4.69, 9.17) is 15.9 Å². The average molecular weight is 559 g/mol. The Hall–Kier alpha value is -3.76. The maximum atomic E-state index is 12.9. The summed E-state index contributed by atoms with van der Waals surface area (Å²) >= 11 is 0. The van der Waals surface area contributed by atoms with Gasteiger partial charge in [-0.25, -0.2) is 9.59 Å². The van der Waals surface area contributed by atoms with E-state index in [9.17, 15) is 33.6 Å². The number of amides is 3. The van der Waals surface area contributed by atoms with Gasteiger partial charge in [0.15, 0.2) is 5.78 Å². The molecule has 16 nitrogen and oxygen atoms in total. The molecule has 16 heteroatoms. The molecule has 0 rings (SSSR count). The normalized spacial score (nSPS) is 12.9. The van der Waals surface area contributed by atoms with E-state index < -0.39 is 53.6 Å². The van der Waals surface area contributed by atoms with Crippen molar-refractivity contribution in [3.05, 3.63) is 0 Å². The molecule has 220 valence electrons. The summed E-state index contributed by atoms with van der Waals surface area (Å²) in [5.74, 6) is -1.62. The van der Waals surface area contributed by atoms with Crippen LogP contribution in [0.25, 0.3) is 0 Å². The van der Waals surface area contributed by atoms with Gasteiger partial charge in [0, 0.05) is 19.3 Å². The number of ketones is 2. The van der Waals surface area contributed by atoms with Crippen LogP contribution in [0, 0.1) is 5.41 Å². The molecular weight excluding hydrogens is 518 g/mol. The van der Waals surface area contributed by atoms with Gasteiger partial charge in [-0.1, -0.05) is 0 Å². The van der Waals surface area contributed by atoms with Gasteiger partial charge in [0.25, 0.3) is 0 Å². The molecule has 39 heavy (non-hydrogen) atoms. The molecule has 0 aromatic heterocycles. The number of rotatable bonds is 20. The first-order chi connectivity index (χ1) is 18.4. The van der Waals surface area contributed by atoms with Gasteiger partial charge in [-0.05, 0) is 40.3 Å². The minimum absolute atomic E-state index is 0.00181. The van der Waals surface area contributed by atoms with Crippen molar-refractivity contribution >= 4 is 47.4 Å². The Morgan fingerprint density at radius 3 is 1.97 bits per heavy atom. The number of nitrogens with zero attached hydrogens (tertiary/aromatic N) is 1. The molecule has 0 aromatic rings. The Morgan fingerprint density at radius 2 is 1.44 bits per heavy atom. The van der Waals surface area contributed by atoms with Crippen molar-refractivity contribution in [3.63, 3.8) is 0 Å². The first kappa shape index (κ1) is 35.2. The van der Waals surface area contributed by atoms with Crippen LogP contribution in [0.2, 0.25) is 0 Å². The summed E-state index contributed by atoms with van der Waals surface area (Å²) in [6.07, 6.45) is -0.591. The predicted octanol–water partition coefficient (Wildman–Crippen LogP) is -3.65. The lowest BCUT2D eigenvalue weighted by Gasteiger charge is -2.22. The van der Waals surface area contributed by atoms with E-state index in [1.165, 1.54) is 0 Å². The molecule has 9 N–H and O–H groups in total. The highest BCUT2D eigenvalue weighted by Gasteiger charge is 2.30. The summed E-state index contributed by atoms with van der Waals surface area (Å²) < 4.78 is 4.96. The quantitative estimate of drug-likeness (QED) is 0.0482. The summed E-state index contributed by atoms with van der Waals surface area (Å²) in [7, 11) is 3.33. The van der Waals surface area contributed by atoms with Gasteiger partial charge in [0.05, 0.1) is 25.9 Å². The molecule has 0 saturated heterocycles. The Labute approximate surface area is 226 Å². The summed E-state index contributed by atoms with van der Waals surface area (Å²) in [5.41, 5.74) is 5.32. The summed E-state index contributed by atoms with van der Waals surface area (Å²) in [6.45, 7) is 1.37. The maximum absolute atomic E-state index is 12.9. The minimum atomic E-state index is -1.30. The number of Topliss-reactive ketones (excluding diaryl/α,β-unsaturated/α-hetero) is 2. The Kier molecular flexibility index (Phi) is 17.5. The van der Waals surface area contributed by atoms with Crippen LogP contribution < -0.4 is 27.6 Å². The molecule has 0 radical (unpaired) electrons. The van der Waals surface area contributed by atoms with Crippen LogP contribution in [0.4, 0.5) is 0 Å². The molecule has 0 bridgehead atoms. The van der Waals surface area contributed by atoms with Crippen molar-refractivity contribution in [1.29, 1.82) is 5.41 Å². The predicted molar refractivity (Wildman–Crippen MR) is 136 cm³/mol. The van der Waals surface area contributed by atoms with E-state index in [1.807, 2.05) is 0 Å². The third-order valence-electron chi connectivity index (χ3n) is 5.20. The lowest BCUT2D eigenvalue weighted by atomic mass is 10.0. The average Bonchev–Trinajstić information content (AvgIpc) is 2.89. The highest BCUT2D eigenvalue weighted by molar-refractivity contribution is 6.26. The van der Waals surface area contributed by atoms with Gasteiger partial charge in [0.1, 0.15) is 23.9 Å². The first-order valence-corrected chi connectivity index (χ1v) is 12.3. The van der Waals surface area contributed by atoms with Crippen molar-refractivity contribution in [2.75, 3.05) is 33.8 Å². The zero-order valence-corrected chi connectivity index (χ0v) is 22.6. The summed E-state index contributed by atoms with van der Waals surface area (Å²) in [5, 5.41) is 14.3. The standard InChI is InChI=1S/C23H39N7O9/c1-4-38-22(36)17(28-20(34)13-30(2)3)9-10-19(33)27-16(7-5-14(31)11-24)21(35)29-18(23(37)39-26)8-6-15(32)12-25/h12,16-18,25H,4-11,13,24H2,1-3,26H3,(H2-,27,28,29,33,34,35)/p+1. The second-order valence-corrected chi connectivity index (χ2v) is 8.72. The lowest BCUT2D eigenvalue weighted by Crippen LogP contribution is -2.58. The highest BCUT2D eigenvalue weighted by Crippen LogP contribution is 2.06. The third kappa shape index (κ3) is 15.3. The minimum Gasteiger partial charge on any atom is -0.464 e. The molecule has 0 saturated carbocycles. The van der Waals surface area contributed by atoms with Gasteiger partial charge >= 0.3 is 11.9 Å². The maximum Gasteiger partial charge on any atom is 0.388 e. The van der Waals surface area contributed by atoms with E-state index in [-0.39, 0.29) is 64.0 Å². The van der Waals surface area contributed by atoms with Gasteiger partial charge < -0.3 is 36.7 Å². The lowest BCUT2D eigenvalue weighted by molar-refractivity contribution is -0.657. The molecule has 3 atom stereocenters. The summed E-state index contributed by atoms with van der Waals surface area (Å²) in [6, 6.07) is -3.70. The van der Waals surface area contributed by atoms with Gasteiger partial charge in [0.2, 0.25) is 17.7 Å². The van der Waals surface area contributed by atoms with Crippen LogP contribution in [0.3, 0.4) is 0 Å². The van der Waals surface area contributed by atoms with Crippen LogP contribution in [-0.2, 0) is 43.1 Å². The van der Waals surface area contributed by atoms with Crippen LogP contribution >= 0.6 is 0 Å². The van der Waals surface area contributed by atoms with Crippen molar-refractivity contribution in [2.45, 2.75) is 63.6 Å². The molecule has 0 spiro atoms. The fourth-order valence-electron chi connectivity index (χ4n) is 3.22. The second kappa shape index (κ2) is 19.3. The number of quaternary nitrogens is 1. The van der Waals surface area contributed by atoms with Crippen molar-refractivity contribution in [1.82, 2.24) is 20.9 Å². The number of hydrogen-bond acceptors (Lipinski definition) is 12. The van der Waals surface area contributed by atoms with Gasteiger partial charge in [-0.3, -0.25) is 28.8 Å². The van der Waals surface area contributed by atoms with E-state index in [0.717, 1.165) is 0 Å². The fourth-order valence-corrected chi connectivity index (χ4v) is 3.22. The number of esters is 1. The Bertz CT molecular complexity index is 895. The topological polar surface area (TPSA) is 255 Å². The molecule has 0 aliphatic carbocycles. The van der Waals surface area contributed by atoms with Gasteiger partial charge in [-0.15, -0.1) is 0 Å². The number of ether oxygens (including phenoxy) is 1. The monoisotopic (exact) mass is 558 g/mol. The molecule has 0 aliphatic rings. The molecular formula is C23H40N7O9+. The number of hydrogen-bond donors (Lipinski definition) is 6. The van der Waals surface area contributed by atoms with Crippen molar-refractivity contribution in [3.8, 4) is 0 Å². The number of carbonyl (C=O) groups is 7. The molecule has 0 heterocycles. The van der Waals surface area contributed by atoms with E-state index in [0.29, 0.717) is 6.21 Å². The molecule has 3 amide bonds. The third-order valence-corrected chi connectivity index (χ3v) is 5.20. The molecule has 0 aromatic carbocycles.